The Morgan fingerprint density at radius 2 is 1.94 bits per heavy atom. The average Bonchev–Trinajstić information content (AvgIpc) is 3.31. The quantitative estimate of drug-likeness (QED) is 0.531. The monoisotopic (exact) mass is 461 g/mol. The van der Waals surface area contributed by atoms with Crippen molar-refractivity contribution in [2.45, 2.75) is 30.3 Å². The van der Waals surface area contributed by atoms with Crippen LogP contribution in [0.5, 0.6) is 11.5 Å². The number of hydrogen-bond donors (Lipinski definition) is 2. The van der Waals surface area contributed by atoms with E-state index < -0.39 is 0 Å². The molecule has 0 fully saturated rings. The summed E-state index contributed by atoms with van der Waals surface area (Å²) in [7, 11) is 0. The van der Waals surface area contributed by atoms with Crippen LogP contribution in [0.4, 0.5) is 5.69 Å². The van der Waals surface area contributed by atoms with Gasteiger partial charge in [-0.3, -0.25) is 9.59 Å². The molecule has 5 rings (SSSR count). The van der Waals surface area contributed by atoms with Gasteiger partial charge in [0.25, 0.3) is 5.91 Å². The zero-order chi connectivity index (χ0) is 22.6. The molecule has 2 N–H and O–H groups in total. The van der Waals surface area contributed by atoms with E-state index in [0.29, 0.717) is 27.8 Å². The Kier molecular flexibility index (Phi) is 6.17. The number of nitrogens with one attached hydrogen (secondary N) is 2. The van der Waals surface area contributed by atoms with Crippen molar-refractivity contribution in [2.24, 2.45) is 0 Å². The number of thioether (sulfide) groups is 1. The second-order valence-electron chi connectivity index (χ2n) is 7.88. The third kappa shape index (κ3) is 4.80. The van der Waals surface area contributed by atoms with Gasteiger partial charge >= 0.3 is 0 Å². The molecule has 3 aromatic rings. The maximum Gasteiger partial charge on any atom is 0.254 e. The van der Waals surface area contributed by atoms with E-state index in [4.69, 9.17) is 9.47 Å². The molecule has 1 aliphatic heterocycles. The number of amides is 2. The SMILES string of the molecule is O=C(CSc1ncccc1C(=O)N[C@H]1CCCc2ccccc21)Nc1ccc2c(c1)OCO2. The standard InChI is InChI=1S/C25H23N3O4S/c29-23(27-17-10-11-21-22(13-17)32-15-31-21)14-33-25-19(8-4-12-26-25)24(30)28-20-9-3-6-16-5-1-2-7-18(16)20/h1-2,4-5,7-8,10-13,20H,3,6,9,14-15H2,(H,27,29)(H,28,30)/t20-/m0/s1. The molecule has 2 heterocycles. The highest BCUT2D eigenvalue weighted by atomic mass is 32.2. The lowest BCUT2D eigenvalue weighted by molar-refractivity contribution is -0.113. The van der Waals surface area contributed by atoms with E-state index in [1.807, 2.05) is 12.1 Å². The Labute approximate surface area is 195 Å². The molecular weight excluding hydrogens is 438 g/mol. The van der Waals surface area contributed by atoms with Gasteiger partial charge in [0.2, 0.25) is 12.7 Å². The first-order valence-electron chi connectivity index (χ1n) is 10.8. The maximum atomic E-state index is 13.1. The van der Waals surface area contributed by atoms with Crippen LogP contribution in [0.3, 0.4) is 0 Å². The van der Waals surface area contributed by atoms with Crippen molar-refractivity contribution in [3.05, 3.63) is 77.5 Å². The number of nitrogens with zero attached hydrogens (tertiary/aromatic N) is 1. The van der Waals surface area contributed by atoms with Crippen LogP contribution in [-0.4, -0.2) is 29.3 Å². The molecule has 0 unspecified atom stereocenters. The summed E-state index contributed by atoms with van der Waals surface area (Å²) < 4.78 is 10.6. The maximum absolute atomic E-state index is 13.1. The molecule has 1 aromatic heterocycles. The third-order valence-corrected chi connectivity index (χ3v) is 6.69. The van der Waals surface area contributed by atoms with Crippen molar-refractivity contribution >= 4 is 29.3 Å². The highest BCUT2D eigenvalue weighted by Gasteiger charge is 2.23. The van der Waals surface area contributed by atoms with Gasteiger partial charge in [-0.2, -0.15) is 0 Å². The first kappa shape index (κ1) is 21.3. The molecule has 0 bridgehead atoms. The molecule has 0 radical (unpaired) electrons. The normalized spacial score (nSPS) is 16.1. The summed E-state index contributed by atoms with van der Waals surface area (Å²) in [6, 6.07) is 17.0. The summed E-state index contributed by atoms with van der Waals surface area (Å²) in [6.45, 7) is 0.180. The summed E-state index contributed by atoms with van der Waals surface area (Å²) in [5.74, 6) is 1.01. The van der Waals surface area contributed by atoms with E-state index in [1.165, 1.54) is 22.9 Å². The van der Waals surface area contributed by atoms with Crippen molar-refractivity contribution in [2.75, 3.05) is 17.9 Å². The molecule has 168 valence electrons. The Balaban J connectivity index is 1.23. The largest absolute Gasteiger partial charge is 0.454 e. The van der Waals surface area contributed by atoms with Crippen molar-refractivity contribution < 1.29 is 19.1 Å². The predicted molar refractivity (Wildman–Crippen MR) is 126 cm³/mol. The Hall–Kier alpha value is -3.52. The molecule has 8 heteroatoms. The first-order chi connectivity index (χ1) is 16.2. The number of carbonyl (C=O) groups is 2. The Morgan fingerprint density at radius 3 is 2.88 bits per heavy atom. The summed E-state index contributed by atoms with van der Waals surface area (Å²) >= 11 is 1.24. The predicted octanol–water partition coefficient (Wildman–Crippen LogP) is 4.35. The van der Waals surface area contributed by atoms with Gasteiger partial charge in [0.15, 0.2) is 11.5 Å². The minimum absolute atomic E-state index is 0.0187. The van der Waals surface area contributed by atoms with Crippen LogP contribution in [0.2, 0.25) is 0 Å². The van der Waals surface area contributed by atoms with Gasteiger partial charge in [0, 0.05) is 18.0 Å². The minimum atomic E-state index is -0.197. The molecule has 0 saturated heterocycles. The van der Waals surface area contributed by atoms with E-state index >= 15 is 0 Å². The lowest BCUT2D eigenvalue weighted by Gasteiger charge is -2.26. The van der Waals surface area contributed by atoms with Gasteiger partial charge in [-0.05, 0) is 54.7 Å². The van der Waals surface area contributed by atoms with Gasteiger partial charge in [0.05, 0.1) is 17.4 Å². The Morgan fingerprint density at radius 1 is 1.06 bits per heavy atom. The number of anilines is 1. The van der Waals surface area contributed by atoms with Gasteiger partial charge in [0.1, 0.15) is 5.03 Å². The number of hydrogen-bond acceptors (Lipinski definition) is 6. The van der Waals surface area contributed by atoms with E-state index in [2.05, 4.69) is 27.8 Å². The molecule has 33 heavy (non-hydrogen) atoms. The van der Waals surface area contributed by atoms with Crippen LogP contribution in [0, 0.1) is 0 Å². The highest BCUT2D eigenvalue weighted by molar-refractivity contribution is 8.00. The molecule has 0 saturated carbocycles. The van der Waals surface area contributed by atoms with Crippen molar-refractivity contribution in [3.63, 3.8) is 0 Å². The minimum Gasteiger partial charge on any atom is -0.454 e. The highest BCUT2D eigenvalue weighted by Crippen LogP contribution is 2.34. The smallest absolute Gasteiger partial charge is 0.254 e. The molecule has 2 aliphatic rings. The number of aromatic nitrogens is 1. The molecular formula is C25H23N3O4S. The van der Waals surface area contributed by atoms with E-state index in [1.54, 1.807) is 36.5 Å². The van der Waals surface area contributed by atoms with Crippen molar-refractivity contribution in [1.29, 1.82) is 0 Å². The lowest BCUT2D eigenvalue weighted by atomic mass is 9.87. The van der Waals surface area contributed by atoms with Crippen molar-refractivity contribution in [3.8, 4) is 11.5 Å². The van der Waals surface area contributed by atoms with Crippen LogP contribution in [0.1, 0.15) is 40.4 Å². The molecule has 2 aromatic carbocycles. The Bertz CT molecular complexity index is 1200. The first-order valence-corrected chi connectivity index (χ1v) is 11.8. The number of pyridine rings is 1. The zero-order valence-corrected chi connectivity index (χ0v) is 18.7. The zero-order valence-electron chi connectivity index (χ0n) is 17.9. The van der Waals surface area contributed by atoms with Gasteiger partial charge < -0.3 is 20.1 Å². The number of carbonyl (C=O) groups excluding carboxylic acids is 2. The molecule has 7 nitrogen and oxygen atoms in total. The lowest BCUT2D eigenvalue weighted by Crippen LogP contribution is -2.31. The van der Waals surface area contributed by atoms with Gasteiger partial charge in [-0.15, -0.1) is 0 Å². The number of fused-ring (bicyclic) bond motifs is 2. The van der Waals surface area contributed by atoms with Crippen LogP contribution in [0.25, 0.3) is 0 Å². The molecule has 1 atom stereocenters. The molecule has 1 aliphatic carbocycles. The van der Waals surface area contributed by atoms with Crippen LogP contribution in [-0.2, 0) is 11.2 Å². The van der Waals surface area contributed by atoms with Crippen LogP contribution >= 0.6 is 11.8 Å². The fourth-order valence-electron chi connectivity index (χ4n) is 4.12. The van der Waals surface area contributed by atoms with E-state index in [0.717, 1.165) is 19.3 Å². The number of ether oxygens (including phenoxy) is 2. The van der Waals surface area contributed by atoms with E-state index in [-0.39, 0.29) is 30.4 Å². The van der Waals surface area contributed by atoms with Gasteiger partial charge in [-0.1, -0.05) is 36.0 Å². The fourth-order valence-corrected chi connectivity index (χ4v) is 4.92. The van der Waals surface area contributed by atoms with E-state index in [9.17, 15) is 9.59 Å². The summed E-state index contributed by atoms with van der Waals surface area (Å²) in [5, 5.41) is 6.54. The fraction of sp³-hybridized carbons (Fsp3) is 0.240. The number of aryl methyl sites for hydroxylation is 1. The van der Waals surface area contributed by atoms with Gasteiger partial charge in [-0.25, -0.2) is 4.98 Å². The average molecular weight is 462 g/mol. The summed E-state index contributed by atoms with van der Waals surface area (Å²) in [6.07, 6.45) is 4.61. The number of benzene rings is 2. The molecule has 0 spiro atoms. The second kappa shape index (κ2) is 9.54. The third-order valence-electron chi connectivity index (χ3n) is 5.69. The molecule has 2 amide bonds. The van der Waals surface area contributed by atoms with Crippen LogP contribution in [0.15, 0.2) is 65.8 Å². The summed E-state index contributed by atoms with van der Waals surface area (Å²) in [4.78, 5) is 29.9. The van der Waals surface area contributed by atoms with Crippen molar-refractivity contribution in [1.82, 2.24) is 10.3 Å². The topological polar surface area (TPSA) is 89.6 Å². The summed E-state index contributed by atoms with van der Waals surface area (Å²) in [5.41, 5.74) is 3.56. The second-order valence-corrected chi connectivity index (χ2v) is 8.84. The number of rotatable bonds is 6. The van der Waals surface area contributed by atoms with Crippen LogP contribution < -0.4 is 20.1 Å².